The highest BCUT2D eigenvalue weighted by Gasteiger charge is 2.16. The summed E-state index contributed by atoms with van der Waals surface area (Å²) in [6, 6.07) is 6.05. The highest BCUT2D eigenvalue weighted by atomic mass is 16.5. The maximum Gasteiger partial charge on any atom is 0.127 e. The largest absolute Gasteiger partial charge is 0.497 e. The van der Waals surface area contributed by atoms with Crippen LogP contribution in [0.25, 0.3) is 0 Å². The molecule has 0 amide bonds. The standard InChI is InChI=1S/C16H21N3O2/c1-11(19-12(2)15-10-17-7-8-18-15)14-6-5-13(20-3)9-16(14)21-4/h5-12,19H,1-4H3. The Labute approximate surface area is 125 Å². The predicted octanol–water partition coefficient (Wildman–Crippen LogP) is 2.91. The van der Waals surface area contributed by atoms with Crippen LogP contribution in [0.1, 0.15) is 37.2 Å². The van der Waals surface area contributed by atoms with Gasteiger partial charge in [-0.1, -0.05) is 6.07 Å². The molecule has 0 aliphatic carbocycles. The average molecular weight is 287 g/mol. The molecule has 1 heterocycles. The van der Waals surface area contributed by atoms with Crippen LogP contribution in [0.5, 0.6) is 11.5 Å². The molecule has 0 aliphatic rings. The maximum absolute atomic E-state index is 5.45. The van der Waals surface area contributed by atoms with Crippen LogP contribution in [0.15, 0.2) is 36.8 Å². The molecule has 112 valence electrons. The van der Waals surface area contributed by atoms with Gasteiger partial charge in [-0.3, -0.25) is 9.97 Å². The third-order valence-corrected chi connectivity index (χ3v) is 3.43. The normalized spacial score (nSPS) is 13.5. The lowest BCUT2D eigenvalue weighted by Crippen LogP contribution is -2.23. The molecule has 5 nitrogen and oxygen atoms in total. The molecular weight excluding hydrogens is 266 g/mol. The molecule has 0 saturated carbocycles. The van der Waals surface area contributed by atoms with Crippen molar-refractivity contribution >= 4 is 0 Å². The van der Waals surface area contributed by atoms with Crippen molar-refractivity contribution in [2.75, 3.05) is 14.2 Å². The SMILES string of the molecule is COc1ccc(C(C)NC(C)c2cnccn2)c(OC)c1. The fourth-order valence-electron chi connectivity index (χ4n) is 2.26. The number of hydrogen-bond donors (Lipinski definition) is 1. The van der Waals surface area contributed by atoms with Crippen LogP contribution in [0, 0.1) is 0 Å². The molecule has 5 heteroatoms. The van der Waals surface area contributed by atoms with Crippen LogP contribution in [0.4, 0.5) is 0 Å². The Bertz CT molecular complexity index is 575. The second-order valence-electron chi connectivity index (χ2n) is 4.85. The summed E-state index contributed by atoms with van der Waals surface area (Å²) in [7, 11) is 3.31. The number of rotatable bonds is 6. The molecular formula is C16H21N3O2. The van der Waals surface area contributed by atoms with Crippen LogP contribution >= 0.6 is 0 Å². The van der Waals surface area contributed by atoms with Gasteiger partial charge in [0.1, 0.15) is 11.5 Å². The van der Waals surface area contributed by atoms with Gasteiger partial charge < -0.3 is 14.8 Å². The Hall–Kier alpha value is -2.14. The number of nitrogens with one attached hydrogen (secondary N) is 1. The van der Waals surface area contributed by atoms with Crippen molar-refractivity contribution in [2.45, 2.75) is 25.9 Å². The third-order valence-electron chi connectivity index (χ3n) is 3.43. The minimum atomic E-state index is 0.0977. The summed E-state index contributed by atoms with van der Waals surface area (Å²) in [4.78, 5) is 8.42. The Kier molecular flexibility index (Phi) is 5.11. The van der Waals surface area contributed by atoms with E-state index in [1.807, 2.05) is 18.2 Å². The predicted molar refractivity (Wildman–Crippen MR) is 81.5 cm³/mol. The maximum atomic E-state index is 5.45. The van der Waals surface area contributed by atoms with Crippen LogP contribution in [-0.2, 0) is 0 Å². The van der Waals surface area contributed by atoms with Crippen molar-refractivity contribution in [3.63, 3.8) is 0 Å². The highest BCUT2D eigenvalue weighted by Crippen LogP contribution is 2.30. The lowest BCUT2D eigenvalue weighted by atomic mass is 10.1. The first kappa shape index (κ1) is 15.3. The summed E-state index contributed by atoms with van der Waals surface area (Å²) in [6.07, 6.45) is 5.15. The number of aromatic nitrogens is 2. The molecule has 0 spiro atoms. The molecule has 1 aromatic heterocycles. The van der Waals surface area contributed by atoms with E-state index in [0.717, 1.165) is 22.8 Å². The quantitative estimate of drug-likeness (QED) is 0.885. The molecule has 0 radical (unpaired) electrons. The Morgan fingerprint density at radius 1 is 1.05 bits per heavy atom. The van der Waals surface area contributed by atoms with Crippen molar-refractivity contribution in [3.8, 4) is 11.5 Å². The van der Waals surface area contributed by atoms with E-state index in [4.69, 9.17) is 9.47 Å². The lowest BCUT2D eigenvalue weighted by molar-refractivity contribution is 0.382. The Balaban J connectivity index is 2.14. The van der Waals surface area contributed by atoms with Crippen molar-refractivity contribution in [3.05, 3.63) is 48.0 Å². The number of hydrogen-bond acceptors (Lipinski definition) is 5. The molecule has 2 unspecified atom stereocenters. The van der Waals surface area contributed by atoms with Gasteiger partial charge >= 0.3 is 0 Å². The van der Waals surface area contributed by atoms with Crippen LogP contribution < -0.4 is 14.8 Å². The van der Waals surface area contributed by atoms with E-state index in [-0.39, 0.29) is 12.1 Å². The van der Waals surface area contributed by atoms with Gasteiger partial charge in [0.2, 0.25) is 0 Å². The lowest BCUT2D eigenvalue weighted by Gasteiger charge is -2.22. The van der Waals surface area contributed by atoms with Gasteiger partial charge in [-0.15, -0.1) is 0 Å². The van der Waals surface area contributed by atoms with E-state index in [2.05, 4.69) is 29.1 Å². The van der Waals surface area contributed by atoms with Crippen molar-refractivity contribution < 1.29 is 9.47 Å². The molecule has 2 aromatic rings. The molecule has 0 aliphatic heterocycles. The molecule has 2 rings (SSSR count). The Morgan fingerprint density at radius 3 is 2.48 bits per heavy atom. The van der Waals surface area contributed by atoms with Crippen molar-refractivity contribution in [1.82, 2.24) is 15.3 Å². The first-order chi connectivity index (χ1) is 10.2. The summed E-state index contributed by atoms with van der Waals surface area (Å²) in [6.45, 7) is 4.16. The van der Waals surface area contributed by atoms with Crippen molar-refractivity contribution in [1.29, 1.82) is 0 Å². The van der Waals surface area contributed by atoms with E-state index in [9.17, 15) is 0 Å². The van der Waals surface area contributed by atoms with E-state index < -0.39 is 0 Å². The number of benzene rings is 1. The first-order valence-electron chi connectivity index (χ1n) is 6.89. The average Bonchev–Trinajstić information content (AvgIpc) is 2.54. The van der Waals surface area contributed by atoms with Crippen LogP contribution in [0.2, 0.25) is 0 Å². The smallest absolute Gasteiger partial charge is 0.127 e. The van der Waals surface area contributed by atoms with Gasteiger partial charge in [0, 0.05) is 42.3 Å². The zero-order chi connectivity index (χ0) is 15.2. The van der Waals surface area contributed by atoms with Gasteiger partial charge in [0.15, 0.2) is 0 Å². The molecule has 2 atom stereocenters. The summed E-state index contributed by atoms with van der Waals surface area (Å²) in [5.74, 6) is 1.59. The fourth-order valence-corrected chi connectivity index (χ4v) is 2.26. The van der Waals surface area contributed by atoms with Gasteiger partial charge in [-0.05, 0) is 19.9 Å². The third kappa shape index (κ3) is 3.70. The van der Waals surface area contributed by atoms with Gasteiger partial charge in [-0.25, -0.2) is 0 Å². The minimum Gasteiger partial charge on any atom is -0.497 e. The zero-order valence-corrected chi connectivity index (χ0v) is 12.8. The second kappa shape index (κ2) is 7.04. The summed E-state index contributed by atoms with van der Waals surface area (Å²) >= 11 is 0. The van der Waals surface area contributed by atoms with E-state index in [0.29, 0.717) is 0 Å². The van der Waals surface area contributed by atoms with E-state index in [1.165, 1.54) is 0 Å². The van der Waals surface area contributed by atoms with E-state index in [1.54, 1.807) is 32.8 Å². The molecule has 0 fully saturated rings. The monoisotopic (exact) mass is 287 g/mol. The summed E-state index contributed by atoms with van der Waals surface area (Å²) in [5.41, 5.74) is 1.99. The first-order valence-corrected chi connectivity index (χ1v) is 6.89. The molecule has 0 saturated heterocycles. The number of ether oxygens (including phenoxy) is 2. The molecule has 0 bridgehead atoms. The highest BCUT2D eigenvalue weighted by molar-refractivity contribution is 5.42. The molecule has 1 N–H and O–H groups in total. The van der Waals surface area contributed by atoms with Crippen molar-refractivity contribution in [2.24, 2.45) is 0 Å². The number of methoxy groups -OCH3 is 2. The fraction of sp³-hybridized carbons (Fsp3) is 0.375. The van der Waals surface area contributed by atoms with Gasteiger partial charge in [-0.2, -0.15) is 0 Å². The summed E-state index contributed by atoms with van der Waals surface area (Å²) in [5, 5.41) is 3.50. The Morgan fingerprint density at radius 2 is 1.86 bits per heavy atom. The number of nitrogens with zero attached hydrogens (tertiary/aromatic N) is 2. The van der Waals surface area contributed by atoms with E-state index >= 15 is 0 Å². The molecule has 21 heavy (non-hydrogen) atoms. The molecule has 1 aromatic carbocycles. The zero-order valence-electron chi connectivity index (χ0n) is 12.8. The van der Waals surface area contributed by atoms with Crippen LogP contribution in [0.3, 0.4) is 0 Å². The topological polar surface area (TPSA) is 56.3 Å². The minimum absolute atomic E-state index is 0.0977. The second-order valence-corrected chi connectivity index (χ2v) is 4.85. The summed E-state index contributed by atoms with van der Waals surface area (Å²) < 4.78 is 10.7. The van der Waals surface area contributed by atoms with Crippen LogP contribution in [-0.4, -0.2) is 24.2 Å². The van der Waals surface area contributed by atoms with Gasteiger partial charge in [0.05, 0.1) is 19.9 Å². The van der Waals surface area contributed by atoms with Gasteiger partial charge in [0.25, 0.3) is 0 Å².